The highest BCUT2D eigenvalue weighted by molar-refractivity contribution is 6.07. The molecule has 156 valence electrons. The van der Waals surface area contributed by atoms with Crippen molar-refractivity contribution in [2.24, 2.45) is 0 Å². The first-order chi connectivity index (χ1) is 14.6. The third-order valence-electron chi connectivity index (χ3n) is 4.36. The number of carbonyl (C=O) groups is 1. The number of ether oxygens (including phenoxy) is 5. The Morgan fingerprint density at radius 1 is 0.667 bits per heavy atom. The minimum Gasteiger partial charge on any atom is -0.493 e. The molecular weight excluding hydrogens is 386 g/mol. The summed E-state index contributed by atoms with van der Waals surface area (Å²) < 4.78 is 27.1. The predicted octanol–water partition coefficient (Wildman–Crippen LogP) is 4.77. The first kappa shape index (κ1) is 20.9. The standard InChI is InChI=1S/C23H23NO6/c1-26-18-7-5-6-8-19(18)30-16-11-9-15(10-12-16)24-23(25)17-13-14-20(27-2)22(29-4)21(17)28-3/h5-14H,1-4H3,(H,24,25). The quantitative estimate of drug-likeness (QED) is 0.578. The molecule has 30 heavy (non-hydrogen) atoms. The van der Waals surface area contributed by atoms with Crippen molar-refractivity contribution >= 4 is 11.6 Å². The zero-order valence-corrected chi connectivity index (χ0v) is 17.2. The van der Waals surface area contributed by atoms with Crippen LogP contribution in [0, 0.1) is 0 Å². The third kappa shape index (κ3) is 4.41. The second-order valence-corrected chi connectivity index (χ2v) is 6.11. The minimum absolute atomic E-state index is 0.297. The minimum atomic E-state index is -0.341. The van der Waals surface area contributed by atoms with Gasteiger partial charge in [0, 0.05) is 5.69 Å². The van der Waals surface area contributed by atoms with Crippen LogP contribution in [0.15, 0.2) is 60.7 Å². The van der Waals surface area contributed by atoms with Gasteiger partial charge in [0.1, 0.15) is 5.75 Å². The highest BCUT2D eigenvalue weighted by Gasteiger charge is 2.20. The van der Waals surface area contributed by atoms with E-state index in [0.29, 0.717) is 45.7 Å². The van der Waals surface area contributed by atoms with Crippen LogP contribution in [0.3, 0.4) is 0 Å². The average molecular weight is 409 g/mol. The number of anilines is 1. The molecule has 0 aliphatic heterocycles. The number of benzene rings is 3. The zero-order chi connectivity index (χ0) is 21.5. The summed E-state index contributed by atoms with van der Waals surface area (Å²) in [4.78, 5) is 12.8. The van der Waals surface area contributed by atoms with Gasteiger partial charge in [-0.15, -0.1) is 0 Å². The molecule has 3 rings (SSSR count). The molecule has 0 heterocycles. The van der Waals surface area contributed by atoms with Crippen LogP contribution >= 0.6 is 0 Å². The predicted molar refractivity (Wildman–Crippen MR) is 114 cm³/mol. The molecule has 0 saturated carbocycles. The SMILES string of the molecule is COc1ccccc1Oc1ccc(NC(=O)c2ccc(OC)c(OC)c2OC)cc1. The van der Waals surface area contributed by atoms with Crippen LogP contribution in [0.4, 0.5) is 5.69 Å². The van der Waals surface area contributed by atoms with E-state index >= 15 is 0 Å². The maximum atomic E-state index is 12.8. The summed E-state index contributed by atoms with van der Waals surface area (Å²) in [7, 11) is 6.07. The summed E-state index contributed by atoms with van der Waals surface area (Å²) in [6, 6.07) is 17.6. The summed E-state index contributed by atoms with van der Waals surface area (Å²) in [6.45, 7) is 0. The molecular formula is C23H23NO6. The lowest BCUT2D eigenvalue weighted by molar-refractivity contribution is 0.102. The average Bonchev–Trinajstić information content (AvgIpc) is 2.79. The van der Waals surface area contributed by atoms with E-state index in [0.717, 1.165) is 0 Å². The summed E-state index contributed by atoms with van der Waals surface area (Å²) >= 11 is 0. The van der Waals surface area contributed by atoms with E-state index in [4.69, 9.17) is 23.7 Å². The molecule has 0 bridgehead atoms. The summed E-state index contributed by atoms with van der Waals surface area (Å²) in [6.07, 6.45) is 0. The zero-order valence-electron chi connectivity index (χ0n) is 17.2. The van der Waals surface area contributed by atoms with Gasteiger partial charge in [-0.1, -0.05) is 12.1 Å². The molecule has 0 radical (unpaired) electrons. The molecule has 0 atom stereocenters. The van der Waals surface area contributed by atoms with Crippen LogP contribution in [-0.2, 0) is 0 Å². The smallest absolute Gasteiger partial charge is 0.259 e. The van der Waals surface area contributed by atoms with Crippen molar-refractivity contribution < 1.29 is 28.5 Å². The van der Waals surface area contributed by atoms with E-state index in [1.165, 1.54) is 21.3 Å². The fourth-order valence-corrected chi connectivity index (χ4v) is 2.91. The van der Waals surface area contributed by atoms with E-state index in [1.54, 1.807) is 43.5 Å². The second-order valence-electron chi connectivity index (χ2n) is 6.11. The number of methoxy groups -OCH3 is 4. The molecule has 3 aromatic carbocycles. The summed E-state index contributed by atoms with van der Waals surface area (Å²) in [5.41, 5.74) is 0.925. The van der Waals surface area contributed by atoms with Gasteiger partial charge in [0.2, 0.25) is 5.75 Å². The number of hydrogen-bond donors (Lipinski definition) is 1. The number of amides is 1. The van der Waals surface area contributed by atoms with Crippen LogP contribution in [0.25, 0.3) is 0 Å². The van der Waals surface area contributed by atoms with Crippen LogP contribution in [0.2, 0.25) is 0 Å². The van der Waals surface area contributed by atoms with E-state index in [2.05, 4.69) is 5.32 Å². The molecule has 1 N–H and O–H groups in total. The molecule has 0 saturated heterocycles. The van der Waals surface area contributed by atoms with Gasteiger partial charge in [-0.3, -0.25) is 4.79 Å². The Morgan fingerprint density at radius 2 is 1.30 bits per heavy atom. The van der Waals surface area contributed by atoms with Crippen molar-refractivity contribution in [2.45, 2.75) is 0 Å². The molecule has 0 unspecified atom stereocenters. The van der Waals surface area contributed by atoms with Crippen molar-refractivity contribution in [3.05, 3.63) is 66.2 Å². The van der Waals surface area contributed by atoms with Gasteiger partial charge >= 0.3 is 0 Å². The highest BCUT2D eigenvalue weighted by Crippen LogP contribution is 2.40. The monoisotopic (exact) mass is 409 g/mol. The number of carbonyl (C=O) groups excluding carboxylic acids is 1. The normalized spacial score (nSPS) is 10.1. The Kier molecular flexibility index (Phi) is 6.64. The first-order valence-electron chi connectivity index (χ1n) is 9.12. The first-order valence-corrected chi connectivity index (χ1v) is 9.12. The Balaban J connectivity index is 1.76. The summed E-state index contributed by atoms with van der Waals surface area (Å²) in [5.74, 6) is 2.64. The maximum Gasteiger partial charge on any atom is 0.259 e. The van der Waals surface area contributed by atoms with Crippen LogP contribution in [-0.4, -0.2) is 34.3 Å². The van der Waals surface area contributed by atoms with E-state index in [-0.39, 0.29) is 5.91 Å². The fourth-order valence-electron chi connectivity index (χ4n) is 2.91. The number of rotatable bonds is 8. The van der Waals surface area contributed by atoms with E-state index in [9.17, 15) is 4.79 Å². The molecule has 3 aromatic rings. The lowest BCUT2D eigenvalue weighted by Gasteiger charge is -2.15. The van der Waals surface area contributed by atoms with Gasteiger partial charge in [-0.05, 0) is 48.5 Å². The second kappa shape index (κ2) is 9.56. The molecule has 7 nitrogen and oxygen atoms in total. The molecule has 7 heteroatoms. The number of nitrogens with one attached hydrogen (secondary N) is 1. The Bertz CT molecular complexity index is 1020. The lowest BCUT2D eigenvalue weighted by Crippen LogP contribution is -2.14. The van der Waals surface area contributed by atoms with Gasteiger partial charge in [0.05, 0.1) is 34.0 Å². The van der Waals surface area contributed by atoms with Crippen molar-refractivity contribution in [1.29, 1.82) is 0 Å². The van der Waals surface area contributed by atoms with Crippen LogP contribution < -0.4 is 29.0 Å². The number of para-hydroxylation sites is 2. The fraction of sp³-hybridized carbons (Fsp3) is 0.174. The Labute approximate surface area is 175 Å². The molecule has 0 spiro atoms. The maximum absolute atomic E-state index is 12.8. The van der Waals surface area contributed by atoms with Gasteiger partial charge < -0.3 is 29.0 Å². The van der Waals surface area contributed by atoms with E-state index in [1.807, 2.05) is 24.3 Å². The van der Waals surface area contributed by atoms with Gasteiger partial charge in [0.25, 0.3) is 5.91 Å². The van der Waals surface area contributed by atoms with Crippen LogP contribution in [0.5, 0.6) is 34.5 Å². The lowest BCUT2D eigenvalue weighted by atomic mass is 10.1. The van der Waals surface area contributed by atoms with Crippen molar-refractivity contribution in [3.63, 3.8) is 0 Å². The summed E-state index contributed by atoms with van der Waals surface area (Å²) in [5, 5.41) is 2.84. The molecule has 0 aliphatic rings. The van der Waals surface area contributed by atoms with Crippen molar-refractivity contribution in [2.75, 3.05) is 33.8 Å². The number of hydrogen-bond acceptors (Lipinski definition) is 6. The molecule has 1 amide bonds. The topological polar surface area (TPSA) is 75.3 Å². The van der Waals surface area contributed by atoms with Crippen LogP contribution in [0.1, 0.15) is 10.4 Å². The van der Waals surface area contributed by atoms with Crippen molar-refractivity contribution in [3.8, 4) is 34.5 Å². The third-order valence-corrected chi connectivity index (χ3v) is 4.36. The van der Waals surface area contributed by atoms with Gasteiger partial charge in [-0.25, -0.2) is 0 Å². The largest absolute Gasteiger partial charge is 0.493 e. The molecule has 0 aromatic heterocycles. The Hall–Kier alpha value is -3.87. The van der Waals surface area contributed by atoms with Gasteiger partial charge in [-0.2, -0.15) is 0 Å². The molecule has 0 fully saturated rings. The Morgan fingerprint density at radius 3 is 1.90 bits per heavy atom. The molecule has 0 aliphatic carbocycles. The van der Waals surface area contributed by atoms with E-state index < -0.39 is 0 Å². The van der Waals surface area contributed by atoms with Gasteiger partial charge in [0.15, 0.2) is 23.0 Å². The van der Waals surface area contributed by atoms with Crippen molar-refractivity contribution in [1.82, 2.24) is 0 Å². The highest BCUT2D eigenvalue weighted by atomic mass is 16.5.